The van der Waals surface area contributed by atoms with Crippen LogP contribution in [0.25, 0.3) is 0 Å². The molecule has 1 N–H and O–H groups in total. The van der Waals surface area contributed by atoms with E-state index in [1.54, 1.807) is 67.7 Å². The number of nitrogens with zero attached hydrogens (tertiary/aromatic N) is 1. The molecule has 1 fully saturated rings. The maximum Gasteiger partial charge on any atom is 0.330 e. The summed E-state index contributed by atoms with van der Waals surface area (Å²) in [7, 11) is 1.58. The number of benzene rings is 3. The highest BCUT2D eigenvalue weighted by Gasteiger charge is 2.67. The Hall–Kier alpha value is -4.00. The third kappa shape index (κ3) is 2.74. The van der Waals surface area contributed by atoms with E-state index in [-0.39, 0.29) is 5.56 Å². The highest BCUT2D eigenvalue weighted by atomic mass is 19.1. The molecule has 0 radical (unpaired) electrons. The molecule has 160 valence electrons. The predicted octanol–water partition coefficient (Wildman–Crippen LogP) is 3.14. The van der Waals surface area contributed by atoms with Crippen LogP contribution >= 0.6 is 0 Å². The number of halogens is 1. The molecule has 0 bridgehead atoms. The smallest absolute Gasteiger partial charge is 0.330 e. The Kier molecular flexibility index (Phi) is 4.55. The van der Waals surface area contributed by atoms with Crippen LogP contribution in [0.5, 0.6) is 0 Å². The SMILES string of the molecule is CN1C(=O)C2(OC(=O)C(NC(=O)c3ccccc3)C2c2ccccc2F)c2ccccc21. The van der Waals surface area contributed by atoms with Crippen LogP contribution in [0.15, 0.2) is 78.9 Å². The van der Waals surface area contributed by atoms with Crippen molar-refractivity contribution in [1.82, 2.24) is 5.32 Å². The maximum atomic E-state index is 15.0. The first kappa shape index (κ1) is 19.9. The lowest BCUT2D eigenvalue weighted by atomic mass is 9.75. The number of anilines is 1. The number of esters is 1. The van der Waals surface area contributed by atoms with Crippen molar-refractivity contribution >= 4 is 23.5 Å². The lowest BCUT2D eigenvalue weighted by molar-refractivity contribution is -0.158. The van der Waals surface area contributed by atoms with Crippen molar-refractivity contribution in [2.75, 3.05) is 11.9 Å². The minimum Gasteiger partial charge on any atom is -0.442 e. The number of fused-ring (bicyclic) bond motifs is 2. The van der Waals surface area contributed by atoms with E-state index in [4.69, 9.17) is 4.74 Å². The third-order valence-corrected chi connectivity index (χ3v) is 6.14. The summed E-state index contributed by atoms with van der Waals surface area (Å²) in [6.07, 6.45) is 0. The van der Waals surface area contributed by atoms with Gasteiger partial charge < -0.3 is 15.0 Å². The Balaban J connectivity index is 1.68. The van der Waals surface area contributed by atoms with Crippen LogP contribution in [0.3, 0.4) is 0 Å². The fraction of sp³-hybridized carbons (Fsp3) is 0.160. The maximum absolute atomic E-state index is 15.0. The second-order valence-electron chi connectivity index (χ2n) is 7.85. The zero-order valence-corrected chi connectivity index (χ0v) is 17.1. The minimum absolute atomic E-state index is 0.121. The average Bonchev–Trinajstić information content (AvgIpc) is 3.21. The molecule has 2 aliphatic heterocycles. The molecule has 7 heteroatoms. The molecule has 2 heterocycles. The quantitative estimate of drug-likeness (QED) is 0.648. The summed E-state index contributed by atoms with van der Waals surface area (Å²) in [4.78, 5) is 41.0. The summed E-state index contributed by atoms with van der Waals surface area (Å²) < 4.78 is 20.8. The Morgan fingerprint density at radius 1 is 0.969 bits per heavy atom. The highest BCUT2D eigenvalue weighted by molar-refractivity contribution is 6.11. The molecule has 32 heavy (non-hydrogen) atoms. The molecule has 1 saturated heterocycles. The van der Waals surface area contributed by atoms with E-state index in [0.717, 1.165) is 0 Å². The van der Waals surface area contributed by atoms with Crippen molar-refractivity contribution in [3.63, 3.8) is 0 Å². The van der Waals surface area contributed by atoms with E-state index in [1.165, 1.54) is 23.1 Å². The summed E-state index contributed by atoms with van der Waals surface area (Å²) in [5.74, 6) is -3.48. The summed E-state index contributed by atoms with van der Waals surface area (Å²) in [5.41, 5.74) is -0.287. The van der Waals surface area contributed by atoms with Gasteiger partial charge in [-0.05, 0) is 29.8 Å². The largest absolute Gasteiger partial charge is 0.442 e. The summed E-state index contributed by atoms with van der Waals surface area (Å²) in [5, 5.41) is 2.69. The van der Waals surface area contributed by atoms with E-state index in [9.17, 15) is 14.4 Å². The molecule has 0 saturated carbocycles. The normalized spacial score (nSPS) is 23.9. The Labute approximate surface area is 183 Å². The number of carbonyl (C=O) groups is 3. The lowest BCUT2D eigenvalue weighted by Gasteiger charge is -2.30. The number of nitrogens with one attached hydrogen (secondary N) is 1. The van der Waals surface area contributed by atoms with E-state index in [2.05, 4.69) is 5.32 Å². The van der Waals surface area contributed by atoms with Gasteiger partial charge in [-0.2, -0.15) is 0 Å². The van der Waals surface area contributed by atoms with Gasteiger partial charge in [0.15, 0.2) is 0 Å². The van der Waals surface area contributed by atoms with Crippen LogP contribution < -0.4 is 10.2 Å². The molecule has 1 spiro atoms. The Morgan fingerprint density at radius 3 is 2.38 bits per heavy atom. The number of likely N-dealkylation sites (N-methyl/N-ethyl adjacent to an activating group) is 1. The first-order valence-electron chi connectivity index (χ1n) is 10.2. The molecule has 3 aromatic carbocycles. The van der Waals surface area contributed by atoms with Crippen molar-refractivity contribution in [3.05, 3.63) is 101 Å². The number of carbonyl (C=O) groups excluding carboxylic acids is 3. The van der Waals surface area contributed by atoms with E-state index < -0.39 is 41.2 Å². The van der Waals surface area contributed by atoms with Gasteiger partial charge in [-0.25, -0.2) is 9.18 Å². The van der Waals surface area contributed by atoms with E-state index in [0.29, 0.717) is 16.8 Å². The van der Waals surface area contributed by atoms with Crippen molar-refractivity contribution < 1.29 is 23.5 Å². The fourth-order valence-electron chi connectivity index (χ4n) is 4.69. The summed E-state index contributed by atoms with van der Waals surface area (Å²) in [6.45, 7) is 0. The summed E-state index contributed by atoms with van der Waals surface area (Å²) in [6, 6.07) is 20.0. The van der Waals surface area contributed by atoms with Crippen LogP contribution in [-0.2, 0) is 19.9 Å². The van der Waals surface area contributed by atoms with Gasteiger partial charge in [-0.1, -0.05) is 54.6 Å². The van der Waals surface area contributed by atoms with E-state index in [1.807, 2.05) is 0 Å². The number of hydrogen-bond acceptors (Lipinski definition) is 4. The number of hydrogen-bond donors (Lipinski definition) is 1. The third-order valence-electron chi connectivity index (χ3n) is 6.14. The first-order chi connectivity index (χ1) is 15.4. The molecule has 2 amide bonds. The van der Waals surface area contributed by atoms with Crippen LogP contribution in [0.2, 0.25) is 0 Å². The molecule has 2 aliphatic rings. The second-order valence-corrected chi connectivity index (χ2v) is 7.85. The molecule has 5 rings (SSSR count). The van der Waals surface area contributed by atoms with Gasteiger partial charge >= 0.3 is 5.97 Å². The van der Waals surface area contributed by atoms with Gasteiger partial charge in [0.2, 0.25) is 5.60 Å². The average molecular weight is 430 g/mol. The Morgan fingerprint density at radius 2 is 1.62 bits per heavy atom. The number of rotatable bonds is 3. The standard InChI is InChI=1S/C25H19FN2O4/c1-28-19-14-8-6-12-17(19)25(24(28)31)20(16-11-5-7-13-18(16)26)21(23(30)32-25)27-22(29)15-9-3-2-4-10-15/h2-14,20-21H,1H3,(H,27,29). The molecule has 3 aromatic rings. The molecule has 3 atom stereocenters. The van der Waals surface area contributed by atoms with Crippen molar-refractivity contribution in [1.29, 1.82) is 0 Å². The van der Waals surface area contributed by atoms with E-state index >= 15 is 4.39 Å². The van der Waals surface area contributed by atoms with Crippen LogP contribution in [0.4, 0.5) is 10.1 Å². The number of para-hydroxylation sites is 1. The van der Waals surface area contributed by atoms with Crippen molar-refractivity contribution in [2.24, 2.45) is 0 Å². The molecule has 0 aromatic heterocycles. The molecular formula is C25H19FN2O4. The van der Waals surface area contributed by atoms with Gasteiger partial charge in [0.1, 0.15) is 11.9 Å². The van der Waals surface area contributed by atoms with Crippen LogP contribution in [0, 0.1) is 5.82 Å². The molecule has 0 aliphatic carbocycles. The van der Waals surface area contributed by atoms with Gasteiger partial charge in [0.05, 0.1) is 11.6 Å². The Bertz CT molecular complexity index is 1250. The zero-order valence-electron chi connectivity index (χ0n) is 17.1. The number of ether oxygens (including phenoxy) is 1. The summed E-state index contributed by atoms with van der Waals surface area (Å²) >= 11 is 0. The second kappa shape index (κ2) is 7.30. The monoisotopic (exact) mass is 430 g/mol. The fourth-order valence-corrected chi connectivity index (χ4v) is 4.69. The van der Waals surface area contributed by atoms with Crippen LogP contribution in [0.1, 0.15) is 27.4 Å². The first-order valence-corrected chi connectivity index (χ1v) is 10.2. The van der Waals surface area contributed by atoms with Gasteiger partial charge in [-0.3, -0.25) is 9.59 Å². The highest BCUT2D eigenvalue weighted by Crippen LogP contribution is 2.55. The van der Waals surface area contributed by atoms with Gasteiger partial charge in [0, 0.05) is 18.2 Å². The van der Waals surface area contributed by atoms with Crippen molar-refractivity contribution in [2.45, 2.75) is 17.6 Å². The lowest BCUT2D eigenvalue weighted by Crippen LogP contribution is -2.47. The topological polar surface area (TPSA) is 75.7 Å². The van der Waals surface area contributed by atoms with Crippen LogP contribution in [-0.4, -0.2) is 30.9 Å². The molecule has 6 nitrogen and oxygen atoms in total. The van der Waals surface area contributed by atoms with Gasteiger partial charge in [0.25, 0.3) is 11.8 Å². The van der Waals surface area contributed by atoms with Gasteiger partial charge in [-0.15, -0.1) is 0 Å². The minimum atomic E-state index is -1.78. The molecule has 3 unspecified atom stereocenters. The predicted molar refractivity (Wildman–Crippen MR) is 114 cm³/mol. The number of amides is 2. The van der Waals surface area contributed by atoms with Crippen molar-refractivity contribution in [3.8, 4) is 0 Å². The zero-order chi connectivity index (χ0) is 22.5. The molecular weight excluding hydrogens is 411 g/mol.